The molecule has 114 valence electrons. The van der Waals surface area contributed by atoms with Crippen LogP contribution in [-0.2, 0) is 6.42 Å². The first-order chi connectivity index (χ1) is 11.1. The molecule has 0 saturated heterocycles. The Morgan fingerprint density at radius 3 is 2.13 bits per heavy atom. The van der Waals surface area contributed by atoms with Crippen molar-refractivity contribution in [3.8, 4) is 11.1 Å². The molecule has 1 heterocycles. The van der Waals surface area contributed by atoms with Crippen molar-refractivity contribution in [2.45, 2.75) is 6.42 Å². The molecule has 2 aromatic carbocycles. The second-order valence-electron chi connectivity index (χ2n) is 5.27. The van der Waals surface area contributed by atoms with E-state index < -0.39 is 11.5 Å². The van der Waals surface area contributed by atoms with Gasteiger partial charge in [-0.2, -0.15) is 0 Å². The maximum absolute atomic E-state index is 11.7. The van der Waals surface area contributed by atoms with Crippen LogP contribution in [0.1, 0.15) is 21.6 Å². The predicted molar refractivity (Wildman–Crippen MR) is 88.7 cm³/mol. The molecular weight excluding hydrogens is 290 g/mol. The normalized spacial score (nSPS) is 10.4. The van der Waals surface area contributed by atoms with Crippen molar-refractivity contribution in [2.24, 2.45) is 0 Å². The quantitative estimate of drug-likeness (QED) is 0.776. The average Bonchev–Trinajstić information content (AvgIpc) is 2.56. The molecular formula is C19H15NO3. The predicted octanol–water partition coefficient (Wildman–Crippen LogP) is 3.33. The van der Waals surface area contributed by atoms with E-state index in [0.29, 0.717) is 12.1 Å². The number of H-pyrrole nitrogens is 1. The molecule has 3 aromatic rings. The van der Waals surface area contributed by atoms with E-state index in [9.17, 15) is 9.59 Å². The van der Waals surface area contributed by atoms with Gasteiger partial charge < -0.3 is 10.1 Å². The van der Waals surface area contributed by atoms with Crippen LogP contribution in [0, 0.1) is 0 Å². The summed E-state index contributed by atoms with van der Waals surface area (Å²) in [5, 5.41) is 8.87. The van der Waals surface area contributed by atoms with Gasteiger partial charge in [-0.1, -0.05) is 54.6 Å². The van der Waals surface area contributed by atoms with Crippen molar-refractivity contribution in [1.82, 2.24) is 4.98 Å². The topological polar surface area (TPSA) is 70.2 Å². The molecule has 2 N–H and O–H groups in total. The van der Waals surface area contributed by atoms with Gasteiger partial charge in [0.1, 0.15) is 5.56 Å². The molecule has 4 heteroatoms. The molecule has 0 aliphatic heterocycles. The summed E-state index contributed by atoms with van der Waals surface area (Å²) in [6, 6.07) is 21.1. The standard InChI is InChI=1S/C19H15NO3/c21-18-17(19(22)23)11-10-16(20-18)12-13-6-8-15(9-7-13)14-4-2-1-3-5-14/h1-11H,12H2,(H,20,21)(H,22,23). The number of hydrogen-bond donors (Lipinski definition) is 2. The van der Waals surface area contributed by atoms with Gasteiger partial charge >= 0.3 is 5.97 Å². The molecule has 0 spiro atoms. The van der Waals surface area contributed by atoms with Gasteiger partial charge in [0, 0.05) is 12.1 Å². The van der Waals surface area contributed by atoms with Crippen molar-refractivity contribution in [2.75, 3.05) is 0 Å². The number of aromatic carboxylic acids is 1. The Hall–Kier alpha value is -3.14. The van der Waals surface area contributed by atoms with Crippen molar-refractivity contribution in [1.29, 1.82) is 0 Å². The third kappa shape index (κ3) is 3.37. The number of carbonyl (C=O) groups is 1. The summed E-state index contributed by atoms with van der Waals surface area (Å²) in [6.45, 7) is 0. The molecule has 3 rings (SSSR count). The molecule has 0 saturated carbocycles. The third-order valence-corrected chi connectivity index (χ3v) is 3.66. The molecule has 0 bridgehead atoms. The summed E-state index contributed by atoms with van der Waals surface area (Å²) in [5.41, 5.74) is 3.20. The van der Waals surface area contributed by atoms with Crippen molar-refractivity contribution in [3.05, 3.63) is 93.9 Å². The van der Waals surface area contributed by atoms with Gasteiger partial charge in [0.2, 0.25) is 0 Å². The molecule has 0 fully saturated rings. The van der Waals surface area contributed by atoms with Gasteiger partial charge in [-0.25, -0.2) is 4.79 Å². The molecule has 4 nitrogen and oxygen atoms in total. The fourth-order valence-electron chi connectivity index (χ4n) is 2.45. The van der Waals surface area contributed by atoms with Crippen molar-refractivity contribution in [3.63, 3.8) is 0 Å². The van der Waals surface area contributed by atoms with E-state index in [1.165, 1.54) is 6.07 Å². The zero-order valence-corrected chi connectivity index (χ0v) is 12.3. The molecule has 1 aromatic heterocycles. The number of pyridine rings is 1. The van der Waals surface area contributed by atoms with Crippen LogP contribution < -0.4 is 5.56 Å². The fraction of sp³-hybridized carbons (Fsp3) is 0.0526. The second-order valence-corrected chi connectivity index (χ2v) is 5.27. The Balaban J connectivity index is 1.80. The third-order valence-electron chi connectivity index (χ3n) is 3.66. The smallest absolute Gasteiger partial charge is 0.341 e. The molecule has 0 amide bonds. The van der Waals surface area contributed by atoms with Gasteiger partial charge in [-0.15, -0.1) is 0 Å². The first-order valence-electron chi connectivity index (χ1n) is 7.23. The summed E-state index contributed by atoms with van der Waals surface area (Å²) in [4.78, 5) is 25.1. The van der Waals surface area contributed by atoms with E-state index in [-0.39, 0.29) is 5.56 Å². The highest BCUT2D eigenvalue weighted by atomic mass is 16.4. The van der Waals surface area contributed by atoms with Crippen LogP contribution in [0.25, 0.3) is 11.1 Å². The number of carboxylic acids is 1. The van der Waals surface area contributed by atoms with E-state index >= 15 is 0 Å². The lowest BCUT2D eigenvalue weighted by molar-refractivity contribution is 0.0695. The summed E-state index contributed by atoms with van der Waals surface area (Å²) >= 11 is 0. The first-order valence-corrected chi connectivity index (χ1v) is 7.23. The number of aromatic amines is 1. The van der Waals surface area contributed by atoms with Crippen molar-refractivity contribution >= 4 is 5.97 Å². The molecule has 23 heavy (non-hydrogen) atoms. The summed E-state index contributed by atoms with van der Waals surface area (Å²) in [6.07, 6.45) is 0.546. The van der Waals surface area contributed by atoms with Gasteiger partial charge in [-0.3, -0.25) is 4.79 Å². The monoisotopic (exact) mass is 305 g/mol. The summed E-state index contributed by atoms with van der Waals surface area (Å²) in [5.74, 6) is -1.22. The molecule has 0 radical (unpaired) electrons. The Morgan fingerprint density at radius 2 is 1.52 bits per heavy atom. The zero-order chi connectivity index (χ0) is 16.2. The maximum Gasteiger partial charge on any atom is 0.341 e. The van der Waals surface area contributed by atoms with Gasteiger partial charge in [0.25, 0.3) is 5.56 Å². The van der Waals surface area contributed by atoms with E-state index in [4.69, 9.17) is 5.11 Å². The highest BCUT2D eigenvalue weighted by Crippen LogP contribution is 2.20. The lowest BCUT2D eigenvalue weighted by atomic mass is 10.0. The Labute approximate surface area is 133 Å². The lowest BCUT2D eigenvalue weighted by Gasteiger charge is -2.05. The number of hydrogen-bond acceptors (Lipinski definition) is 2. The summed E-state index contributed by atoms with van der Waals surface area (Å²) < 4.78 is 0. The largest absolute Gasteiger partial charge is 0.477 e. The van der Waals surface area contributed by atoms with Crippen molar-refractivity contribution < 1.29 is 9.90 Å². The minimum Gasteiger partial charge on any atom is -0.477 e. The second kappa shape index (κ2) is 6.32. The Bertz CT molecular complexity index is 880. The fourth-order valence-corrected chi connectivity index (χ4v) is 2.45. The van der Waals surface area contributed by atoms with Gasteiger partial charge in [0.15, 0.2) is 0 Å². The zero-order valence-electron chi connectivity index (χ0n) is 12.3. The lowest BCUT2D eigenvalue weighted by Crippen LogP contribution is -2.18. The van der Waals surface area contributed by atoms with E-state index in [1.807, 2.05) is 42.5 Å². The number of aromatic nitrogens is 1. The van der Waals surface area contributed by atoms with Crippen LogP contribution in [0.2, 0.25) is 0 Å². The first kappa shape index (κ1) is 14.8. The number of carboxylic acid groups (broad SMARTS) is 1. The Kier molecular flexibility index (Phi) is 4.06. The van der Waals surface area contributed by atoms with Gasteiger partial charge in [0.05, 0.1) is 0 Å². The Morgan fingerprint density at radius 1 is 0.870 bits per heavy atom. The van der Waals surface area contributed by atoms with Crippen LogP contribution in [0.5, 0.6) is 0 Å². The summed E-state index contributed by atoms with van der Waals surface area (Å²) in [7, 11) is 0. The SMILES string of the molecule is O=C(O)c1ccc(Cc2ccc(-c3ccccc3)cc2)[nH]c1=O. The highest BCUT2D eigenvalue weighted by Gasteiger charge is 2.08. The minimum atomic E-state index is -1.22. The van der Waals surface area contributed by atoms with Crippen LogP contribution in [0.4, 0.5) is 0 Å². The molecule has 0 atom stereocenters. The highest BCUT2D eigenvalue weighted by molar-refractivity contribution is 5.87. The van der Waals surface area contributed by atoms with Crippen LogP contribution in [-0.4, -0.2) is 16.1 Å². The molecule has 0 aliphatic carbocycles. The molecule has 0 unspecified atom stereocenters. The van der Waals surface area contributed by atoms with Crippen LogP contribution in [0.15, 0.2) is 71.5 Å². The average molecular weight is 305 g/mol. The van der Waals surface area contributed by atoms with E-state index in [1.54, 1.807) is 6.07 Å². The van der Waals surface area contributed by atoms with Crippen LogP contribution >= 0.6 is 0 Å². The number of rotatable bonds is 4. The van der Waals surface area contributed by atoms with E-state index in [0.717, 1.165) is 16.7 Å². The van der Waals surface area contributed by atoms with E-state index in [2.05, 4.69) is 17.1 Å². The minimum absolute atomic E-state index is 0.242. The molecule has 0 aliphatic rings. The van der Waals surface area contributed by atoms with Gasteiger partial charge in [-0.05, 0) is 28.8 Å². The number of nitrogens with one attached hydrogen (secondary N) is 1. The number of benzene rings is 2. The maximum atomic E-state index is 11.7. The van der Waals surface area contributed by atoms with Crippen LogP contribution in [0.3, 0.4) is 0 Å².